The molecule has 11 nitrogen and oxygen atoms in total. The van der Waals surface area contributed by atoms with Gasteiger partial charge in [0.15, 0.2) is 0 Å². The molecule has 1 fully saturated rings. The van der Waals surface area contributed by atoms with Crippen molar-refractivity contribution in [2.75, 3.05) is 7.11 Å². The van der Waals surface area contributed by atoms with Crippen LogP contribution in [0.2, 0.25) is 0 Å². The number of carboxylic acid groups (broad SMARTS) is 1. The highest BCUT2D eigenvalue weighted by molar-refractivity contribution is 5.70. The summed E-state index contributed by atoms with van der Waals surface area (Å²) in [5, 5.41) is 17.7. The van der Waals surface area contributed by atoms with Crippen LogP contribution in [0.5, 0.6) is 17.6 Å². The molecule has 174 valence electrons. The van der Waals surface area contributed by atoms with Crippen molar-refractivity contribution in [1.29, 1.82) is 0 Å². The zero-order valence-electron chi connectivity index (χ0n) is 18.8. The number of aryl methyl sites for hydroxylation is 2. The smallest absolute Gasteiger partial charge is 0.319 e. The first-order valence-corrected chi connectivity index (χ1v) is 10.7. The van der Waals surface area contributed by atoms with Crippen LogP contribution in [0.4, 0.5) is 0 Å². The summed E-state index contributed by atoms with van der Waals surface area (Å²) in [4.78, 5) is 24.1. The van der Waals surface area contributed by atoms with E-state index in [9.17, 15) is 9.90 Å². The predicted octanol–water partition coefficient (Wildman–Crippen LogP) is 2.59. The number of hydrogen-bond acceptors (Lipinski definition) is 9. The third kappa shape index (κ3) is 5.18. The van der Waals surface area contributed by atoms with Crippen LogP contribution in [0.1, 0.15) is 37.1 Å². The van der Waals surface area contributed by atoms with Gasteiger partial charge in [0.25, 0.3) is 0 Å². The number of pyridine rings is 1. The van der Waals surface area contributed by atoms with Crippen LogP contribution < -0.4 is 14.2 Å². The van der Waals surface area contributed by atoms with Crippen LogP contribution in [-0.4, -0.2) is 54.2 Å². The normalized spacial score (nSPS) is 18.0. The number of hydrogen-bond donors (Lipinski definition) is 1. The van der Waals surface area contributed by atoms with E-state index in [0.29, 0.717) is 41.6 Å². The fraction of sp³-hybridized carbons (Fsp3) is 0.455. The molecule has 3 aromatic heterocycles. The van der Waals surface area contributed by atoms with E-state index in [1.807, 2.05) is 19.1 Å². The maximum Gasteiger partial charge on any atom is 0.319 e. The summed E-state index contributed by atoms with van der Waals surface area (Å²) in [6, 6.07) is 5.52. The van der Waals surface area contributed by atoms with E-state index >= 15 is 0 Å². The quantitative estimate of drug-likeness (QED) is 0.541. The van der Waals surface area contributed by atoms with Crippen LogP contribution in [0.25, 0.3) is 11.4 Å². The van der Waals surface area contributed by atoms with Crippen molar-refractivity contribution in [3.63, 3.8) is 0 Å². The van der Waals surface area contributed by atoms with E-state index in [1.165, 1.54) is 7.11 Å². The molecule has 3 aromatic rings. The van der Waals surface area contributed by atoms with Gasteiger partial charge in [0.05, 0.1) is 30.5 Å². The molecule has 1 saturated carbocycles. The molecule has 2 atom stereocenters. The van der Waals surface area contributed by atoms with Crippen LogP contribution >= 0.6 is 0 Å². The number of ether oxygens (including phenoxy) is 3. The molecule has 0 amide bonds. The van der Waals surface area contributed by atoms with E-state index in [4.69, 9.17) is 14.2 Å². The van der Waals surface area contributed by atoms with Crippen molar-refractivity contribution >= 4 is 5.97 Å². The number of methoxy groups -OCH3 is 1. The number of aliphatic carboxylic acids is 1. The first kappa shape index (κ1) is 22.4. The lowest BCUT2D eigenvalue weighted by Gasteiger charge is -2.27. The van der Waals surface area contributed by atoms with E-state index < -0.39 is 5.97 Å². The van der Waals surface area contributed by atoms with Crippen LogP contribution in [-0.2, 0) is 18.4 Å². The molecule has 0 bridgehead atoms. The van der Waals surface area contributed by atoms with Gasteiger partial charge in [-0.05, 0) is 44.7 Å². The average molecular weight is 454 g/mol. The summed E-state index contributed by atoms with van der Waals surface area (Å²) in [5.74, 6) is -0.0989. The highest BCUT2D eigenvalue weighted by atomic mass is 16.5. The van der Waals surface area contributed by atoms with Crippen molar-refractivity contribution in [3.8, 4) is 29.0 Å². The van der Waals surface area contributed by atoms with E-state index in [1.54, 1.807) is 24.0 Å². The largest absolute Gasteiger partial charge is 0.489 e. The molecule has 0 radical (unpaired) electrons. The number of aromatic nitrogens is 6. The molecule has 33 heavy (non-hydrogen) atoms. The molecule has 0 unspecified atom stereocenters. The minimum absolute atomic E-state index is 0.128. The summed E-state index contributed by atoms with van der Waals surface area (Å²) >= 11 is 0. The Hall–Kier alpha value is -3.76. The summed E-state index contributed by atoms with van der Waals surface area (Å²) in [5.41, 5.74) is 2.66. The average Bonchev–Trinajstić information content (AvgIpc) is 3.19. The Balaban J connectivity index is 1.48. The number of carbonyl (C=O) groups is 1. The lowest BCUT2D eigenvalue weighted by molar-refractivity contribution is -0.143. The Morgan fingerprint density at radius 1 is 1.24 bits per heavy atom. The topological polar surface area (TPSA) is 134 Å². The van der Waals surface area contributed by atoms with Crippen LogP contribution in [0.15, 0.2) is 24.4 Å². The summed E-state index contributed by atoms with van der Waals surface area (Å²) in [6.07, 6.45) is 4.31. The van der Waals surface area contributed by atoms with Crippen molar-refractivity contribution in [3.05, 3.63) is 35.8 Å². The summed E-state index contributed by atoms with van der Waals surface area (Å²) < 4.78 is 18.5. The Morgan fingerprint density at radius 3 is 2.85 bits per heavy atom. The van der Waals surface area contributed by atoms with Gasteiger partial charge < -0.3 is 19.3 Å². The number of carboxylic acids is 1. The van der Waals surface area contributed by atoms with Crippen molar-refractivity contribution in [2.45, 2.75) is 45.3 Å². The molecule has 0 spiro atoms. The fourth-order valence-corrected chi connectivity index (χ4v) is 3.84. The third-order valence-electron chi connectivity index (χ3n) is 5.64. The Bertz CT molecular complexity index is 1130. The Labute approximate surface area is 190 Å². The van der Waals surface area contributed by atoms with E-state index in [0.717, 1.165) is 18.5 Å². The first-order valence-electron chi connectivity index (χ1n) is 10.7. The number of nitrogens with zero attached hydrogens (tertiary/aromatic N) is 6. The minimum Gasteiger partial charge on any atom is -0.489 e. The van der Waals surface area contributed by atoms with Crippen molar-refractivity contribution < 1.29 is 24.1 Å². The van der Waals surface area contributed by atoms with Gasteiger partial charge in [0, 0.05) is 19.3 Å². The Morgan fingerprint density at radius 2 is 2.09 bits per heavy atom. The van der Waals surface area contributed by atoms with Gasteiger partial charge in [0.2, 0.25) is 5.88 Å². The monoisotopic (exact) mass is 454 g/mol. The third-order valence-corrected chi connectivity index (χ3v) is 5.64. The number of rotatable bonds is 8. The van der Waals surface area contributed by atoms with Gasteiger partial charge in [-0.1, -0.05) is 5.21 Å². The van der Waals surface area contributed by atoms with E-state index in [2.05, 4.69) is 25.3 Å². The molecule has 0 saturated heterocycles. The second kappa shape index (κ2) is 9.80. The summed E-state index contributed by atoms with van der Waals surface area (Å²) in [7, 11) is 3.27. The predicted molar refractivity (Wildman–Crippen MR) is 116 cm³/mol. The van der Waals surface area contributed by atoms with Gasteiger partial charge in [-0.25, -0.2) is 14.6 Å². The molecular formula is C22H26N6O5. The standard InChI is InChI=1S/C22H26N6O5/c1-13-18(33-15-6-4-5-14(11-15)21(29)30)8-7-16(24-13)20-17(28(2)27-26-20)12-32-19-9-10-23-22(25-19)31-3/h7-10,14-15H,4-6,11-12H2,1-3H3,(H,29,30)/t14-,15-/m0/s1. The van der Waals surface area contributed by atoms with Gasteiger partial charge in [0.1, 0.15) is 23.7 Å². The van der Waals surface area contributed by atoms with E-state index in [-0.39, 0.29) is 24.6 Å². The zero-order chi connectivity index (χ0) is 23.4. The van der Waals surface area contributed by atoms with Gasteiger partial charge in [-0.2, -0.15) is 4.98 Å². The maximum atomic E-state index is 11.3. The lowest BCUT2D eigenvalue weighted by atomic mass is 9.87. The SMILES string of the molecule is COc1nccc(OCc2c(-c3ccc(O[C@H]4CCC[C@H](C(=O)O)C4)c(C)n3)nnn2C)n1. The van der Waals surface area contributed by atoms with Gasteiger partial charge in [-0.3, -0.25) is 4.79 Å². The zero-order valence-corrected chi connectivity index (χ0v) is 18.8. The molecule has 4 rings (SSSR count). The highest BCUT2D eigenvalue weighted by Crippen LogP contribution is 2.30. The molecule has 1 N–H and O–H groups in total. The van der Waals surface area contributed by atoms with Crippen LogP contribution in [0.3, 0.4) is 0 Å². The highest BCUT2D eigenvalue weighted by Gasteiger charge is 2.28. The molecule has 11 heteroatoms. The second-order valence-electron chi connectivity index (χ2n) is 7.90. The Kier molecular flexibility index (Phi) is 6.66. The molecule has 3 heterocycles. The second-order valence-corrected chi connectivity index (χ2v) is 7.90. The van der Waals surface area contributed by atoms with Gasteiger partial charge >= 0.3 is 12.0 Å². The molecular weight excluding hydrogens is 428 g/mol. The lowest BCUT2D eigenvalue weighted by Crippen LogP contribution is -2.29. The molecule has 0 aliphatic heterocycles. The molecule has 1 aliphatic carbocycles. The van der Waals surface area contributed by atoms with Gasteiger partial charge in [-0.15, -0.1) is 5.10 Å². The fourth-order valence-electron chi connectivity index (χ4n) is 3.84. The van der Waals surface area contributed by atoms with Crippen LogP contribution in [0, 0.1) is 12.8 Å². The molecule has 0 aromatic carbocycles. The minimum atomic E-state index is -0.758. The maximum absolute atomic E-state index is 11.3. The van der Waals surface area contributed by atoms with Crippen molar-refractivity contribution in [2.24, 2.45) is 13.0 Å². The first-order chi connectivity index (χ1) is 15.9. The summed E-state index contributed by atoms with van der Waals surface area (Å²) in [6.45, 7) is 2.03. The molecule has 1 aliphatic rings. The van der Waals surface area contributed by atoms with Crippen molar-refractivity contribution in [1.82, 2.24) is 29.9 Å².